The lowest BCUT2D eigenvalue weighted by molar-refractivity contribution is -0.133. The number of nitrogens with one attached hydrogen (secondary N) is 4. The van der Waals surface area contributed by atoms with Crippen LogP contribution in [0.1, 0.15) is 33.6 Å². The van der Waals surface area contributed by atoms with Gasteiger partial charge in [-0.25, -0.2) is 0 Å². The third kappa shape index (κ3) is 7.18. The number of ether oxygens (including phenoxy) is 2. The Bertz CT molecular complexity index is 1180. The van der Waals surface area contributed by atoms with Crippen LogP contribution >= 0.6 is 11.8 Å². The summed E-state index contributed by atoms with van der Waals surface area (Å²) in [5.74, 6) is -0.697. The predicted octanol–water partition coefficient (Wildman–Crippen LogP) is 2.53. The van der Waals surface area contributed by atoms with Gasteiger partial charge in [-0.15, -0.1) is 0 Å². The summed E-state index contributed by atoms with van der Waals surface area (Å²) in [6.45, 7) is 5.51. The topological polar surface area (TPSA) is 138 Å². The van der Waals surface area contributed by atoms with Gasteiger partial charge < -0.3 is 35.8 Å². The molecule has 2 aromatic carbocycles. The molecule has 38 heavy (non-hydrogen) atoms. The first kappa shape index (κ1) is 27.7. The Morgan fingerprint density at radius 3 is 2.58 bits per heavy atom. The van der Waals surface area contributed by atoms with E-state index in [0.717, 1.165) is 21.2 Å². The van der Waals surface area contributed by atoms with E-state index in [1.54, 1.807) is 24.8 Å². The van der Waals surface area contributed by atoms with Crippen molar-refractivity contribution in [3.8, 4) is 5.75 Å². The molecule has 10 nitrogen and oxygen atoms in total. The number of benzene rings is 2. The number of carbonyl (C=O) groups is 3. The fraction of sp³-hybridized carbons (Fsp3) is 0.444. The number of hydrogen-bond donors (Lipinski definition) is 5. The Morgan fingerprint density at radius 2 is 1.84 bits per heavy atom. The van der Waals surface area contributed by atoms with Crippen LogP contribution in [-0.4, -0.2) is 60.5 Å². The number of para-hydroxylation sites is 1. The van der Waals surface area contributed by atoms with Crippen LogP contribution in [0.25, 0.3) is 0 Å². The van der Waals surface area contributed by atoms with E-state index in [2.05, 4.69) is 27.3 Å². The Hall–Kier alpha value is -3.28. The van der Waals surface area contributed by atoms with Gasteiger partial charge in [-0.05, 0) is 49.9 Å². The van der Waals surface area contributed by atoms with Gasteiger partial charge in [-0.3, -0.25) is 14.4 Å². The molecule has 0 radical (unpaired) electrons. The molecule has 1 saturated heterocycles. The highest BCUT2D eigenvalue weighted by molar-refractivity contribution is 7.99. The number of aliphatic hydroxyl groups is 1. The molecule has 204 valence electrons. The van der Waals surface area contributed by atoms with Crippen LogP contribution in [0.2, 0.25) is 0 Å². The Labute approximate surface area is 226 Å². The maximum absolute atomic E-state index is 12.8. The second kappa shape index (κ2) is 12.5. The van der Waals surface area contributed by atoms with E-state index in [0.29, 0.717) is 25.2 Å². The predicted molar refractivity (Wildman–Crippen MR) is 143 cm³/mol. The van der Waals surface area contributed by atoms with Crippen LogP contribution in [0.15, 0.2) is 52.3 Å². The normalized spacial score (nSPS) is 19.4. The summed E-state index contributed by atoms with van der Waals surface area (Å²) in [6.07, 6.45) is -0.165. The molecular weight excluding hydrogens is 508 g/mol. The summed E-state index contributed by atoms with van der Waals surface area (Å²) >= 11 is 1.66. The van der Waals surface area contributed by atoms with Crippen molar-refractivity contribution in [2.45, 2.75) is 67.8 Å². The zero-order valence-electron chi connectivity index (χ0n) is 21.7. The summed E-state index contributed by atoms with van der Waals surface area (Å²) in [7, 11) is 0. The summed E-state index contributed by atoms with van der Waals surface area (Å²) in [5, 5.41) is 21.3. The molecule has 0 bridgehead atoms. The van der Waals surface area contributed by atoms with E-state index in [1.165, 1.54) is 0 Å². The fourth-order valence-corrected chi connectivity index (χ4v) is 5.18. The maximum atomic E-state index is 12.8. The molecule has 0 spiro atoms. The molecule has 11 heteroatoms. The van der Waals surface area contributed by atoms with Gasteiger partial charge in [0.2, 0.25) is 11.8 Å². The minimum absolute atomic E-state index is 0.132. The molecule has 2 aromatic rings. The molecule has 1 fully saturated rings. The third-order valence-electron chi connectivity index (χ3n) is 6.20. The largest absolute Gasteiger partial charge is 0.484 e. The van der Waals surface area contributed by atoms with E-state index >= 15 is 0 Å². The molecule has 2 aliphatic heterocycles. The average Bonchev–Trinajstić information content (AvgIpc) is 3.29. The number of hydrogen-bond acceptors (Lipinski definition) is 8. The standard InChI is InChI=1S/C27H34N4O6S/c1-15(2)12-21(26(34)30-19-10-11-36-27(19)35)31-25(33)16(3)28-24(32)14-37-17-8-9-23-20(13-17)29-18-6-4-5-7-22(18)38-23/h4-9,13,15-16,19,21,27,29,35H,10-12,14H2,1-3H3,(H,28,32)(H,30,34)(H,31,33)/t16-,19-,21-,27?/m0/s1. The highest BCUT2D eigenvalue weighted by atomic mass is 32.2. The van der Waals surface area contributed by atoms with Crippen LogP contribution in [0.5, 0.6) is 5.75 Å². The van der Waals surface area contributed by atoms with E-state index in [9.17, 15) is 19.5 Å². The van der Waals surface area contributed by atoms with Gasteiger partial charge in [0.1, 0.15) is 17.8 Å². The Kier molecular flexibility index (Phi) is 9.13. The molecule has 2 aliphatic rings. The molecule has 0 aromatic heterocycles. The van der Waals surface area contributed by atoms with Crippen molar-refractivity contribution in [3.05, 3.63) is 42.5 Å². The van der Waals surface area contributed by atoms with Crippen LogP contribution < -0.4 is 26.0 Å². The quantitative estimate of drug-likeness (QED) is 0.264. The second-order valence-electron chi connectivity index (χ2n) is 9.81. The van der Waals surface area contributed by atoms with Crippen molar-refractivity contribution >= 4 is 40.9 Å². The molecule has 0 saturated carbocycles. The zero-order valence-corrected chi connectivity index (χ0v) is 22.5. The molecule has 1 unspecified atom stereocenters. The van der Waals surface area contributed by atoms with Crippen molar-refractivity contribution in [1.82, 2.24) is 16.0 Å². The van der Waals surface area contributed by atoms with Crippen LogP contribution in [0, 0.1) is 5.92 Å². The lowest BCUT2D eigenvalue weighted by atomic mass is 10.0. The number of carbonyl (C=O) groups excluding carboxylic acids is 3. The number of amides is 3. The minimum atomic E-state index is -1.06. The summed E-state index contributed by atoms with van der Waals surface area (Å²) in [5.41, 5.74) is 1.91. The lowest BCUT2D eigenvalue weighted by Gasteiger charge is -2.24. The van der Waals surface area contributed by atoms with E-state index in [-0.39, 0.29) is 12.5 Å². The van der Waals surface area contributed by atoms with Crippen LogP contribution in [0.4, 0.5) is 11.4 Å². The molecule has 5 N–H and O–H groups in total. The van der Waals surface area contributed by atoms with Gasteiger partial charge in [0, 0.05) is 15.9 Å². The number of rotatable bonds is 10. The number of fused-ring (bicyclic) bond motifs is 2. The highest BCUT2D eigenvalue weighted by Crippen LogP contribution is 2.44. The molecular formula is C27H34N4O6S. The summed E-state index contributed by atoms with van der Waals surface area (Å²) in [4.78, 5) is 40.2. The zero-order chi connectivity index (χ0) is 27.2. The number of anilines is 2. The first-order valence-electron chi connectivity index (χ1n) is 12.7. The first-order valence-corrected chi connectivity index (χ1v) is 13.5. The van der Waals surface area contributed by atoms with E-state index in [1.807, 2.05) is 44.2 Å². The Balaban J connectivity index is 1.27. The molecule has 4 rings (SSSR count). The van der Waals surface area contributed by atoms with Gasteiger partial charge >= 0.3 is 0 Å². The smallest absolute Gasteiger partial charge is 0.258 e. The highest BCUT2D eigenvalue weighted by Gasteiger charge is 2.31. The molecule has 4 atom stereocenters. The number of aliphatic hydroxyl groups excluding tert-OH is 1. The maximum Gasteiger partial charge on any atom is 0.258 e. The van der Waals surface area contributed by atoms with Crippen molar-refractivity contribution in [1.29, 1.82) is 0 Å². The van der Waals surface area contributed by atoms with Gasteiger partial charge in [0.25, 0.3) is 5.91 Å². The van der Waals surface area contributed by atoms with Crippen molar-refractivity contribution in [3.63, 3.8) is 0 Å². The SMILES string of the molecule is CC(C)C[C@H](NC(=O)[C@H](C)NC(=O)COc1ccc2c(c1)Nc1ccccc1S2)C(=O)N[C@H]1CCOC1O. The summed E-state index contributed by atoms with van der Waals surface area (Å²) < 4.78 is 10.7. The monoisotopic (exact) mass is 542 g/mol. The Morgan fingerprint density at radius 1 is 1.08 bits per heavy atom. The van der Waals surface area contributed by atoms with E-state index < -0.39 is 42.1 Å². The molecule has 0 aliphatic carbocycles. The molecule has 3 amide bonds. The van der Waals surface area contributed by atoms with Crippen molar-refractivity contribution in [2.75, 3.05) is 18.5 Å². The minimum Gasteiger partial charge on any atom is -0.484 e. The summed E-state index contributed by atoms with van der Waals surface area (Å²) in [6, 6.07) is 11.4. The first-order chi connectivity index (χ1) is 18.2. The second-order valence-corrected chi connectivity index (χ2v) is 10.9. The lowest BCUT2D eigenvalue weighted by Crippen LogP contribution is -2.55. The van der Waals surface area contributed by atoms with Gasteiger partial charge in [-0.2, -0.15) is 0 Å². The van der Waals surface area contributed by atoms with Gasteiger partial charge in [0.15, 0.2) is 12.9 Å². The third-order valence-corrected chi connectivity index (χ3v) is 7.35. The van der Waals surface area contributed by atoms with Gasteiger partial charge in [-0.1, -0.05) is 37.7 Å². The molecule has 2 heterocycles. The van der Waals surface area contributed by atoms with Crippen molar-refractivity contribution < 1.29 is 29.0 Å². The van der Waals surface area contributed by atoms with Crippen molar-refractivity contribution in [2.24, 2.45) is 5.92 Å². The van der Waals surface area contributed by atoms with E-state index in [4.69, 9.17) is 9.47 Å². The van der Waals surface area contributed by atoms with Gasteiger partial charge in [0.05, 0.1) is 24.0 Å². The van der Waals surface area contributed by atoms with Crippen LogP contribution in [0.3, 0.4) is 0 Å². The average molecular weight is 543 g/mol. The van der Waals surface area contributed by atoms with Crippen LogP contribution in [-0.2, 0) is 19.1 Å². The fourth-order valence-electron chi connectivity index (χ4n) is 4.21.